The Morgan fingerprint density at radius 2 is 2.24 bits per heavy atom. The minimum Gasteiger partial charge on any atom is -0.384 e. The Morgan fingerprint density at radius 3 is 2.82 bits per heavy atom. The summed E-state index contributed by atoms with van der Waals surface area (Å²) in [6.45, 7) is 5.03. The van der Waals surface area contributed by atoms with E-state index in [9.17, 15) is 4.79 Å². The van der Waals surface area contributed by atoms with Crippen LogP contribution in [-0.4, -0.2) is 36.0 Å². The molecule has 17 heavy (non-hydrogen) atoms. The zero-order valence-corrected chi connectivity index (χ0v) is 10.5. The molecule has 0 saturated carbocycles. The van der Waals surface area contributed by atoms with Gasteiger partial charge in [-0.2, -0.15) is 0 Å². The van der Waals surface area contributed by atoms with Gasteiger partial charge >= 0.3 is 0 Å². The second-order valence-corrected chi connectivity index (χ2v) is 4.36. The van der Waals surface area contributed by atoms with Crippen molar-refractivity contribution in [3.05, 3.63) is 12.4 Å². The third-order valence-electron chi connectivity index (χ3n) is 2.15. The van der Waals surface area contributed by atoms with Gasteiger partial charge in [0.1, 0.15) is 18.0 Å². The van der Waals surface area contributed by atoms with Gasteiger partial charge in [0.2, 0.25) is 5.91 Å². The normalized spacial score (nSPS) is 10.4. The van der Waals surface area contributed by atoms with Crippen molar-refractivity contribution in [1.82, 2.24) is 15.3 Å². The number of amides is 1. The van der Waals surface area contributed by atoms with Crippen LogP contribution in [0.3, 0.4) is 0 Å². The maximum absolute atomic E-state index is 11.6. The molecule has 0 fully saturated rings. The van der Waals surface area contributed by atoms with Crippen molar-refractivity contribution in [2.45, 2.75) is 13.8 Å². The number of rotatable bonds is 5. The Labute approximate surface area is 101 Å². The third-order valence-corrected chi connectivity index (χ3v) is 2.15. The lowest BCUT2D eigenvalue weighted by atomic mass is 10.2. The molecule has 1 aromatic heterocycles. The highest BCUT2D eigenvalue weighted by atomic mass is 16.2. The number of likely N-dealkylation sites (N-methyl/N-ethyl adjacent to an activating group) is 1. The van der Waals surface area contributed by atoms with Crippen LogP contribution in [0.1, 0.15) is 13.8 Å². The van der Waals surface area contributed by atoms with Crippen molar-refractivity contribution >= 4 is 17.5 Å². The first-order valence-corrected chi connectivity index (χ1v) is 5.54. The molecule has 0 aliphatic rings. The highest BCUT2D eigenvalue weighted by Gasteiger charge is 2.09. The lowest BCUT2D eigenvalue weighted by Crippen LogP contribution is -2.37. The molecule has 0 unspecified atom stereocenters. The minimum atomic E-state index is -0.0293. The average Bonchev–Trinajstić information content (AvgIpc) is 2.26. The predicted octanol–water partition coefficient (Wildman–Crippen LogP) is 0.267. The molecule has 0 bridgehead atoms. The summed E-state index contributed by atoms with van der Waals surface area (Å²) in [5.74, 6) is 1.44. The van der Waals surface area contributed by atoms with Crippen molar-refractivity contribution in [3.8, 4) is 0 Å². The number of hydrogen-bond acceptors (Lipinski definition) is 5. The summed E-state index contributed by atoms with van der Waals surface area (Å²) in [5, 5.41) is 2.84. The molecule has 6 heteroatoms. The Morgan fingerprint density at radius 1 is 1.53 bits per heavy atom. The second kappa shape index (κ2) is 6.03. The fourth-order valence-electron chi connectivity index (χ4n) is 1.24. The highest BCUT2D eigenvalue weighted by molar-refractivity contribution is 5.80. The molecular weight excluding hydrogens is 218 g/mol. The second-order valence-electron chi connectivity index (χ2n) is 4.36. The number of aromatic nitrogens is 2. The van der Waals surface area contributed by atoms with Crippen LogP contribution in [0, 0.1) is 5.92 Å². The van der Waals surface area contributed by atoms with Crippen molar-refractivity contribution in [2.75, 3.05) is 30.8 Å². The molecule has 0 aliphatic carbocycles. The number of nitrogen functional groups attached to an aromatic ring is 1. The van der Waals surface area contributed by atoms with Crippen molar-refractivity contribution < 1.29 is 4.79 Å². The van der Waals surface area contributed by atoms with E-state index in [0.717, 1.165) is 0 Å². The monoisotopic (exact) mass is 237 g/mol. The van der Waals surface area contributed by atoms with E-state index < -0.39 is 0 Å². The van der Waals surface area contributed by atoms with Crippen molar-refractivity contribution in [1.29, 1.82) is 0 Å². The first-order chi connectivity index (χ1) is 7.99. The molecule has 1 rings (SSSR count). The summed E-state index contributed by atoms with van der Waals surface area (Å²) in [7, 11) is 1.79. The van der Waals surface area contributed by atoms with E-state index in [4.69, 9.17) is 5.73 Å². The summed E-state index contributed by atoms with van der Waals surface area (Å²) < 4.78 is 0. The minimum absolute atomic E-state index is 0.0293. The van der Waals surface area contributed by atoms with Gasteiger partial charge in [-0.1, -0.05) is 13.8 Å². The summed E-state index contributed by atoms with van der Waals surface area (Å²) in [5.41, 5.74) is 5.55. The standard InChI is InChI=1S/C11H19N5O/c1-8(2)5-13-11(17)6-16(3)10-4-9(12)14-7-15-10/h4,7-8H,5-6H2,1-3H3,(H,13,17)(H2,12,14,15). The Kier molecular flexibility index (Phi) is 4.68. The van der Waals surface area contributed by atoms with E-state index in [1.54, 1.807) is 18.0 Å². The van der Waals surface area contributed by atoms with E-state index in [1.807, 2.05) is 0 Å². The number of nitrogens with one attached hydrogen (secondary N) is 1. The molecule has 0 aromatic carbocycles. The fraction of sp³-hybridized carbons (Fsp3) is 0.545. The third kappa shape index (κ3) is 4.67. The lowest BCUT2D eigenvalue weighted by molar-refractivity contribution is -0.119. The molecule has 94 valence electrons. The van der Waals surface area contributed by atoms with Crippen LogP contribution in [0.15, 0.2) is 12.4 Å². The van der Waals surface area contributed by atoms with Crippen LogP contribution in [-0.2, 0) is 4.79 Å². The molecular formula is C11H19N5O. The predicted molar refractivity (Wildman–Crippen MR) is 67.6 cm³/mol. The molecule has 0 radical (unpaired) electrons. The number of carbonyl (C=O) groups excluding carboxylic acids is 1. The zero-order chi connectivity index (χ0) is 12.8. The molecule has 0 aliphatic heterocycles. The molecule has 0 spiro atoms. The first-order valence-electron chi connectivity index (χ1n) is 5.54. The molecule has 1 heterocycles. The molecule has 1 amide bonds. The maximum atomic E-state index is 11.6. The van der Waals surface area contributed by atoms with E-state index in [-0.39, 0.29) is 12.5 Å². The van der Waals surface area contributed by atoms with Crippen LogP contribution in [0.25, 0.3) is 0 Å². The van der Waals surface area contributed by atoms with E-state index in [0.29, 0.717) is 24.1 Å². The maximum Gasteiger partial charge on any atom is 0.239 e. The molecule has 0 saturated heterocycles. The molecule has 1 aromatic rings. The van der Waals surface area contributed by atoms with Gasteiger partial charge in [0.15, 0.2) is 0 Å². The van der Waals surface area contributed by atoms with Crippen LogP contribution >= 0.6 is 0 Å². The Hall–Kier alpha value is -1.85. The average molecular weight is 237 g/mol. The number of carbonyl (C=O) groups is 1. The number of nitrogens with zero attached hydrogens (tertiary/aromatic N) is 3. The van der Waals surface area contributed by atoms with Gasteiger partial charge in [-0.15, -0.1) is 0 Å². The summed E-state index contributed by atoms with van der Waals surface area (Å²) in [6.07, 6.45) is 1.38. The quantitative estimate of drug-likeness (QED) is 0.767. The Bertz CT molecular complexity index is 380. The first kappa shape index (κ1) is 13.2. The van der Waals surface area contributed by atoms with Crippen LogP contribution in [0.4, 0.5) is 11.6 Å². The molecule has 0 atom stereocenters. The van der Waals surface area contributed by atoms with Crippen LogP contribution in [0.5, 0.6) is 0 Å². The lowest BCUT2D eigenvalue weighted by Gasteiger charge is -2.18. The summed E-state index contributed by atoms with van der Waals surface area (Å²) in [4.78, 5) is 21.2. The smallest absolute Gasteiger partial charge is 0.239 e. The zero-order valence-electron chi connectivity index (χ0n) is 10.5. The van der Waals surface area contributed by atoms with Crippen molar-refractivity contribution in [3.63, 3.8) is 0 Å². The number of nitrogens with two attached hydrogens (primary N) is 1. The van der Waals surface area contributed by atoms with Crippen molar-refractivity contribution in [2.24, 2.45) is 5.92 Å². The summed E-state index contributed by atoms with van der Waals surface area (Å²) in [6, 6.07) is 1.63. The number of anilines is 2. The fourth-order valence-corrected chi connectivity index (χ4v) is 1.24. The number of hydrogen-bond donors (Lipinski definition) is 2. The van der Waals surface area contributed by atoms with Gasteiger partial charge in [0, 0.05) is 19.7 Å². The highest BCUT2D eigenvalue weighted by Crippen LogP contribution is 2.09. The SMILES string of the molecule is CC(C)CNC(=O)CN(C)c1cc(N)ncn1. The van der Waals surface area contributed by atoms with E-state index in [2.05, 4.69) is 29.1 Å². The van der Waals surface area contributed by atoms with Gasteiger partial charge in [-0.05, 0) is 5.92 Å². The van der Waals surface area contributed by atoms with Gasteiger partial charge < -0.3 is 16.0 Å². The Balaban J connectivity index is 2.48. The van der Waals surface area contributed by atoms with Crippen LogP contribution < -0.4 is 16.0 Å². The van der Waals surface area contributed by atoms with Gasteiger partial charge in [-0.3, -0.25) is 4.79 Å². The van der Waals surface area contributed by atoms with Gasteiger partial charge in [0.25, 0.3) is 0 Å². The largest absolute Gasteiger partial charge is 0.384 e. The van der Waals surface area contributed by atoms with Crippen LogP contribution in [0.2, 0.25) is 0 Å². The van der Waals surface area contributed by atoms with Gasteiger partial charge in [-0.25, -0.2) is 9.97 Å². The molecule has 3 N–H and O–H groups in total. The van der Waals surface area contributed by atoms with Gasteiger partial charge in [0.05, 0.1) is 6.54 Å². The van der Waals surface area contributed by atoms with E-state index in [1.165, 1.54) is 6.33 Å². The summed E-state index contributed by atoms with van der Waals surface area (Å²) >= 11 is 0. The topological polar surface area (TPSA) is 84.1 Å². The van der Waals surface area contributed by atoms with E-state index >= 15 is 0 Å². The molecule has 6 nitrogen and oxygen atoms in total.